The zero-order valence-electron chi connectivity index (χ0n) is 13.3. The van der Waals surface area contributed by atoms with Crippen molar-refractivity contribution in [1.82, 2.24) is 10.3 Å². The van der Waals surface area contributed by atoms with Crippen LogP contribution in [0.25, 0.3) is 0 Å². The van der Waals surface area contributed by atoms with E-state index in [-0.39, 0.29) is 11.9 Å². The molecule has 1 N–H and O–H groups in total. The fourth-order valence-electron chi connectivity index (χ4n) is 2.52. The number of nitrogens with zero attached hydrogens (tertiary/aromatic N) is 1. The van der Waals surface area contributed by atoms with Gasteiger partial charge in [0.1, 0.15) is 5.75 Å². The number of pyridine rings is 1. The SMILES string of the molecule is COc1ccc([C@H](NC(=O)c2ccncc2)c2ccccc2)cc1. The predicted octanol–water partition coefficient (Wildman–Crippen LogP) is 3.61. The molecule has 0 spiro atoms. The maximum absolute atomic E-state index is 12.6. The van der Waals surface area contributed by atoms with Crippen LogP contribution in [0.3, 0.4) is 0 Å². The molecule has 2 aromatic carbocycles. The third-order valence-corrected chi connectivity index (χ3v) is 3.80. The Hall–Kier alpha value is -3.14. The molecule has 0 aliphatic rings. The van der Waals surface area contributed by atoms with Crippen molar-refractivity contribution < 1.29 is 9.53 Å². The molecule has 24 heavy (non-hydrogen) atoms. The van der Waals surface area contributed by atoms with Crippen molar-refractivity contribution in [3.8, 4) is 5.75 Å². The molecule has 4 nitrogen and oxygen atoms in total. The van der Waals surface area contributed by atoms with Gasteiger partial charge in [0.25, 0.3) is 5.91 Å². The largest absolute Gasteiger partial charge is 0.497 e. The molecule has 0 unspecified atom stereocenters. The molecule has 1 aromatic heterocycles. The first kappa shape index (κ1) is 15.7. The first-order valence-electron chi connectivity index (χ1n) is 7.67. The van der Waals surface area contributed by atoms with Gasteiger partial charge < -0.3 is 10.1 Å². The second-order valence-electron chi connectivity index (χ2n) is 5.33. The van der Waals surface area contributed by atoms with Crippen LogP contribution in [0.1, 0.15) is 27.5 Å². The van der Waals surface area contributed by atoms with Crippen molar-refractivity contribution in [3.63, 3.8) is 0 Å². The molecule has 120 valence electrons. The minimum Gasteiger partial charge on any atom is -0.497 e. The number of methoxy groups -OCH3 is 1. The molecule has 0 fully saturated rings. The molecule has 0 aliphatic heterocycles. The summed E-state index contributed by atoms with van der Waals surface area (Å²) in [5.74, 6) is 0.646. The van der Waals surface area contributed by atoms with Crippen LogP contribution < -0.4 is 10.1 Å². The highest BCUT2D eigenvalue weighted by atomic mass is 16.5. The molecule has 0 bridgehead atoms. The molecular weight excluding hydrogens is 300 g/mol. The lowest BCUT2D eigenvalue weighted by Crippen LogP contribution is -2.29. The normalized spacial score (nSPS) is 11.5. The van der Waals surface area contributed by atoms with E-state index in [1.807, 2.05) is 54.6 Å². The summed E-state index contributed by atoms with van der Waals surface area (Å²) >= 11 is 0. The number of aromatic nitrogens is 1. The van der Waals surface area contributed by atoms with E-state index < -0.39 is 0 Å². The number of rotatable bonds is 5. The number of ether oxygens (including phenoxy) is 1. The van der Waals surface area contributed by atoms with E-state index in [2.05, 4.69) is 10.3 Å². The Bertz CT molecular complexity index is 787. The summed E-state index contributed by atoms with van der Waals surface area (Å²) in [6.07, 6.45) is 3.22. The molecule has 0 saturated carbocycles. The molecule has 4 heteroatoms. The monoisotopic (exact) mass is 318 g/mol. The maximum Gasteiger partial charge on any atom is 0.252 e. The topological polar surface area (TPSA) is 51.2 Å². The number of nitrogens with one attached hydrogen (secondary N) is 1. The van der Waals surface area contributed by atoms with Crippen molar-refractivity contribution in [2.45, 2.75) is 6.04 Å². The summed E-state index contributed by atoms with van der Waals surface area (Å²) < 4.78 is 5.21. The summed E-state index contributed by atoms with van der Waals surface area (Å²) in [6.45, 7) is 0. The molecule has 3 rings (SSSR count). The van der Waals surface area contributed by atoms with Gasteiger partial charge in [-0.25, -0.2) is 0 Å². The Morgan fingerprint density at radius 1 is 0.917 bits per heavy atom. The van der Waals surface area contributed by atoms with Gasteiger partial charge in [-0.3, -0.25) is 9.78 Å². The number of carbonyl (C=O) groups is 1. The van der Waals surface area contributed by atoms with E-state index in [4.69, 9.17) is 4.74 Å². The third-order valence-electron chi connectivity index (χ3n) is 3.80. The average Bonchev–Trinajstić information content (AvgIpc) is 2.67. The Morgan fingerprint density at radius 2 is 1.54 bits per heavy atom. The Morgan fingerprint density at radius 3 is 2.17 bits per heavy atom. The van der Waals surface area contributed by atoms with Crippen molar-refractivity contribution in [2.75, 3.05) is 7.11 Å². The van der Waals surface area contributed by atoms with E-state index in [0.717, 1.165) is 16.9 Å². The lowest BCUT2D eigenvalue weighted by Gasteiger charge is -2.20. The average molecular weight is 318 g/mol. The number of carbonyl (C=O) groups excluding carboxylic acids is 1. The molecule has 1 amide bonds. The zero-order chi connectivity index (χ0) is 16.8. The van der Waals surface area contributed by atoms with E-state index in [0.29, 0.717) is 5.56 Å². The highest BCUT2D eigenvalue weighted by molar-refractivity contribution is 5.94. The van der Waals surface area contributed by atoms with Crippen LogP contribution in [0.4, 0.5) is 0 Å². The van der Waals surface area contributed by atoms with Crippen LogP contribution in [-0.2, 0) is 0 Å². The van der Waals surface area contributed by atoms with Gasteiger partial charge in [0, 0.05) is 18.0 Å². The van der Waals surface area contributed by atoms with E-state index in [1.165, 1.54) is 0 Å². The highest BCUT2D eigenvalue weighted by Gasteiger charge is 2.17. The smallest absolute Gasteiger partial charge is 0.252 e. The molecular formula is C20H18N2O2. The lowest BCUT2D eigenvalue weighted by atomic mass is 9.98. The minimum absolute atomic E-state index is 0.137. The molecule has 0 saturated heterocycles. The van der Waals surface area contributed by atoms with Crippen LogP contribution in [0, 0.1) is 0 Å². The molecule has 1 atom stereocenters. The van der Waals surface area contributed by atoms with Crippen LogP contribution in [-0.4, -0.2) is 18.0 Å². The van der Waals surface area contributed by atoms with E-state index in [9.17, 15) is 4.79 Å². The van der Waals surface area contributed by atoms with Crippen molar-refractivity contribution >= 4 is 5.91 Å². The second kappa shape index (κ2) is 7.42. The van der Waals surface area contributed by atoms with E-state index >= 15 is 0 Å². The maximum atomic E-state index is 12.6. The fraction of sp³-hybridized carbons (Fsp3) is 0.100. The standard InChI is InChI=1S/C20H18N2O2/c1-24-18-9-7-16(8-10-18)19(15-5-3-2-4-6-15)22-20(23)17-11-13-21-14-12-17/h2-14,19H,1H3,(H,22,23)/t19-/m1/s1. The van der Waals surface area contributed by atoms with Crippen LogP contribution >= 0.6 is 0 Å². The van der Waals surface area contributed by atoms with Crippen molar-refractivity contribution in [1.29, 1.82) is 0 Å². The molecule has 1 heterocycles. The summed E-state index contributed by atoms with van der Waals surface area (Å²) in [5, 5.41) is 3.10. The summed E-state index contributed by atoms with van der Waals surface area (Å²) in [4.78, 5) is 16.5. The first-order valence-corrected chi connectivity index (χ1v) is 7.67. The Labute approximate surface area is 141 Å². The van der Waals surface area contributed by atoms with Gasteiger partial charge in [-0.1, -0.05) is 42.5 Å². The van der Waals surface area contributed by atoms with Gasteiger partial charge >= 0.3 is 0 Å². The number of hydrogen-bond acceptors (Lipinski definition) is 3. The second-order valence-corrected chi connectivity index (χ2v) is 5.33. The van der Waals surface area contributed by atoms with Crippen LogP contribution in [0.2, 0.25) is 0 Å². The molecule has 0 radical (unpaired) electrons. The Balaban J connectivity index is 1.91. The quantitative estimate of drug-likeness (QED) is 0.782. The first-order chi connectivity index (χ1) is 11.8. The fourth-order valence-corrected chi connectivity index (χ4v) is 2.52. The summed E-state index contributed by atoms with van der Waals surface area (Å²) in [6, 6.07) is 20.8. The highest BCUT2D eigenvalue weighted by Crippen LogP contribution is 2.24. The number of benzene rings is 2. The number of amides is 1. The van der Waals surface area contributed by atoms with Gasteiger partial charge in [0.15, 0.2) is 0 Å². The lowest BCUT2D eigenvalue weighted by molar-refractivity contribution is 0.0943. The predicted molar refractivity (Wildman–Crippen MR) is 93.0 cm³/mol. The zero-order valence-corrected chi connectivity index (χ0v) is 13.3. The van der Waals surface area contributed by atoms with Crippen molar-refractivity contribution in [3.05, 3.63) is 95.8 Å². The summed E-state index contributed by atoms with van der Waals surface area (Å²) in [7, 11) is 1.63. The van der Waals surface area contributed by atoms with Gasteiger partial charge in [-0.05, 0) is 35.4 Å². The third kappa shape index (κ3) is 3.60. The van der Waals surface area contributed by atoms with Gasteiger partial charge in [0.05, 0.1) is 13.2 Å². The van der Waals surface area contributed by atoms with Crippen molar-refractivity contribution in [2.24, 2.45) is 0 Å². The molecule has 3 aromatic rings. The van der Waals surface area contributed by atoms with Gasteiger partial charge in [0.2, 0.25) is 0 Å². The number of hydrogen-bond donors (Lipinski definition) is 1. The Kier molecular flexibility index (Phi) is 4.87. The van der Waals surface area contributed by atoms with Crippen LogP contribution in [0.15, 0.2) is 79.1 Å². The summed E-state index contributed by atoms with van der Waals surface area (Å²) in [5.41, 5.74) is 2.59. The van der Waals surface area contributed by atoms with Gasteiger partial charge in [-0.2, -0.15) is 0 Å². The van der Waals surface area contributed by atoms with E-state index in [1.54, 1.807) is 31.6 Å². The minimum atomic E-state index is -0.238. The molecule has 0 aliphatic carbocycles. The van der Waals surface area contributed by atoms with Crippen LogP contribution in [0.5, 0.6) is 5.75 Å². The van der Waals surface area contributed by atoms with Gasteiger partial charge in [-0.15, -0.1) is 0 Å².